The maximum absolute atomic E-state index is 12.6. The summed E-state index contributed by atoms with van der Waals surface area (Å²) in [7, 11) is -3.98. The van der Waals surface area contributed by atoms with E-state index < -0.39 is 15.6 Å². The first-order valence-electron chi connectivity index (χ1n) is 6.64. The Balaban J connectivity index is 2.41. The highest BCUT2D eigenvalue weighted by Gasteiger charge is 2.24. The largest absolute Gasteiger partial charge is 0.360 e. The van der Waals surface area contributed by atoms with Gasteiger partial charge in [0.2, 0.25) is 9.84 Å². The fourth-order valence-corrected chi connectivity index (χ4v) is 3.89. The number of hydrogen-bond donors (Lipinski definition) is 1. The Morgan fingerprint density at radius 3 is 2.00 bits per heavy atom. The molecule has 1 N–H and O–H groups in total. The van der Waals surface area contributed by atoms with E-state index in [0.717, 1.165) is 6.20 Å². The number of halogens is 3. The molecule has 0 saturated carbocycles. The average molecular weight is 405 g/mol. The third-order valence-corrected chi connectivity index (χ3v) is 5.56. The van der Waals surface area contributed by atoms with Crippen molar-refractivity contribution >= 4 is 56.1 Å². The van der Waals surface area contributed by atoms with Crippen molar-refractivity contribution in [3.05, 3.63) is 68.6 Å². The van der Waals surface area contributed by atoms with E-state index in [-0.39, 0.29) is 9.80 Å². The van der Waals surface area contributed by atoms with E-state index in [1.807, 2.05) is 0 Å². The second kappa shape index (κ2) is 7.57. The van der Waals surface area contributed by atoms with Gasteiger partial charge < -0.3 is 5.32 Å². The summed E-state index contributed by atoms with van der Waals surface area (Å²) >= 11 is 17.5. The molecule has 4 nitrogen and oxygen atoms in total. The van der Waals surface area contributed by atoms with Crippen LogP contribution < -0.4 is 5.32 Å². The summed E-state index contributed by atoms with van der Waals surface area (Å²) < 4.78 is 25.2. The normalized spacial score (nSPS) is 12.1. The van der Waals surface area contributed by atoms with Crippen LogP contribution in [0.2, 0.25) is 15.1 Å². The van der Waals surface area contributed by atoms with E-state index >= 15 is 0 Å². The van der Waals surface area contributed by atoms with Gasteiger partial charge in [-0.1, -0.05) is 34.8 Å². The Morgan fingerprint density at radius 2 is 1.50 bits per heavy atom. The predicted octanol–water partition coefficient (Wildman–Crippen LogP) is 4.96. The van der Waals surface area contributed by atoms with Gasteiger partial charge in [0, 0.05) is 27.0 Å². The molecule has 126 valence electrons. The van der Waals surface area contributed by atoms with Gasteiger partial charge in [0.25, 0.3) is 0 Å². The second-order valence-electron chi connectivity index (χ2n) is 4.82. The summed E-state index contributed by atoms with van der Waals surface area (Å²) in [6.45, 7) is 1.17. The molecule has 0 saturated heterocycles. The number of anilines is 1. The quantitative estimate of drug-likeness (QED) is 0.715. The number of hydrogen-bond acceptors (Lipinski definition) is 4. The van der Waals surface area contributed by atoms with E-state index in [1.54, 1.807) is 12.1 Å². The second-order valence-corrected chi connectivity index (χ2v) is 8.05. The highest BCUT2D eigenvalue weighted by Crippen LogP contribution is 2.25. The molecule has 0 atom stereocenters. The van der Waals surface area contributed by atoms with Crippen molar-refractivity contribution in [2.75, 3.05) is 5.32 Å². The molecule has 0 bridgehead atoms. The molecule has 0 spiro atoms. The van der Waals surface area contributed by atoms with Crippen LogP contribution >= 0.6 is 34.8 Å². The summed E-state index contributed by atoms with van der Waals surface area (Å²) in [5.41, 5.74) is 0.456. The number of benzene rings is 2. The number of carbonyl (C=O) groups excluding carboxylic acids is 1. The smallest absolute Gasteiger partial charge is 0.211 e. The van der Waals surface area contributed by atoms with E-state index in [0.29, 0.717) is 20.8 Å². The summed E-state index contributed by atoms with van der Waals surface area (Å²) in [4.78, 5) is 11.4. The van der Waals surface area contributed by atoms with Gasteiger partial charge in [-0.25, -0.2) is 8.42 Å². The highest BCUT2D eigenvalue weighted by atomic mass is 35.5. The fraction of sp³-hybridized carbons (Fsp3) is 0.0625. The lowest BCUT2D eigenvalue weighted by atomic mass is 10.3. The summed E-state index contributed by atoms with van der Waals surface area (Å²) in [6.07, 6.45) is 1.12. The van der Waals surface area contributed by atoms with Crippen LogP contribution in [0.3, 0.4) is 0 Å². The molecular formula is C16H12Cl3NO3S. The number of Topliss-reactive ketones (excluding diaryl/α,β-unsaturated/α-hetero) is 1. The van der Waals surface area contributed by atoms with Crippen LogP contribution in [0, 0.1) is 0 Å². The summed E-state index contributed by atoms with van der Waals surface area (Å²) in [5, 5.41) is 3.89. The Hall–Kier alpha value is -1.53. The van der Waals surface area contributed by atoms with Crippen molar-refractivity contribution in [3.63, 3.8) is 0 Å². The topological polar surface area (TPSA) is 63.2 Å². The van der Waals surface area contributed by atoms with Crippen molar-refractivity contribution in [1.82, 2.24) is 0 Å². The van der Waals surface area contributed by atoms with Crippen LogP contribution in [0.25, 0.3) is 0 Å². The molecule has 2 rings (SSSR count). The van der Waals surface area contributed by atoms with Crippen LogP contribution in [-0.2, 0) is 14.6 Å². The Bertz CT molecular complexity index is 886. The molecule has 0 unspecified atom stereocenters. The van der Waals surface area contributed by atoms with E-state index in [4.69, 9.17) is 34.8 Å². The third-order valence-electron chi connectivity index (χ3n) is 2.99. The number of ketones is 1. The molecule has 2 aromatic carbocycles. The minimum atomic E-state index is -3.98. The highest BCUT2D eigenvalue weighted by molar-refractivity contribution is 7.96. The van der Waals surface area contributed by atoms with Gasteiger partial charge in [0.1, 0.15) is 4.91 Å². The molecular weight excluding hydrogens is 393 g/mol. The first-order chi connectivity index (χ1) is 11.2. The van der Waals surface area contributed by atoms with Crippen LogP contribution in [0.5, 0.6) is 0 Å². The molecule has 8 heteroatoms. The van der Waals surface area contributed by atoms with E-state index in [1.165, 1.54) is 37.3 Å². The molecule has 24 heavy (non-hydrogen) atoms. The molecule has 0 aliphatic carbocycles. The number of sulfone groups is 1. The monoisotopic (exact) mass is 403 g/mol. The SMILES string of the molecule is CC(=O)C(=CNc1cc(Cl)cc(Cl)c1)S(=O)(=O)c1ccc(Cl)cc1. The van der Waals surface area contributed by atoms with Crippen molar-refractivity contribution in [2.45, 2.75) is 11.8 Å². The third kappa shape index (κ3) is 4.51. The zero-order valence-corrected chi connectivity index (χ0v) is 15.5. The van der Waals surface area contributed by atoms with Crippen molar-refractivity contribution in [1.29, 1.82) is 0 Å². The number of rotatable bonds is 5. The lowest BCUT2D eigenvalue weighted by Crippen LogP contribution is -2.13. The number of carbonyl (C=O) groups is 1. The minimum absolute atomic E-state index is 0.0284. The van der Waals surface area contributed by atoms with Gasteiger partial charge in [-0.05, 0) is 49.4 Å². The molecule has 0 radical (unpaired) electrons. The predicted molar refractivity (Wildman–Crippen MR) is 97.5 cm³/mol. The van der Waals surface area contributed by atoms with E-state index in [9.17, 15) is 13.2 Å². The molecule has 0 fully saturated rings. The summed E-state index contributed by atoms with van der Waals surface area (Å²) in [6, 6.07) is 10.2. The van der Waals surface area contributed by atoms with Gasteiger partial charge >= 0.3 is 0 Å². The molecule has 0 aromatic heterocycles. The maximum Gasteiger partial charge on any atom is 0.211 e. The minimum Gasteiger partial charge on any atom is -0.360 e. The standard InChI is InChI=1S/C16H12Cl3NO3S/c1-10(21)16(9-20-14-7-12(18)6-13(19)8-14)24(22,23)15-4-2-11(17)3-5-15/h2-9,20H,1H3. The molecule has 0 aliphatic rings. The van der Waals surface area contributed by atoms with Gasteiger partial charge in [-0.15, -0.1) is 0 Å². The Kier molecular flexibility index (Phi) is 5.93. The maximum atomic E-state index is 12.6. The molecule has 0 heterocycles. The van der Waals surface area contributed by atoms with Crippen LogP contribution in [0.1, 0.15) is 6.92 Å². The Morgan fingerprint density at radius 1 is 0.958 bits per heavy atom. The number of nitrogens with one attached hydrogen (secondary N) is 1. The van der Waals surface area contributed by atoms with Crippen molar-refractivity contribution in [2.24, 2.45) is 0 Å². The van der Waals surface area contributed by atoms with Crippen LogP contribution in [0.4, 0.5) is 5.69 Å². The lowest BCUT2D eigenvalue weighted by Gasteiger charge is -2.08. The van der Waals surface area contributed by atoms with Crippen LogP contribution in [0.15, 0.2) is 58.5 Å². The van der Waals surface area contributed by atoms with Gasteiger partial charge in [-0.3, -0.25) is 4.79 Å². The molecule has 0 amide bonds. The molecule has 2 aromatic rings. The van der Waals surface area contributed by atoms with Gasteiger partial charge in [-0.2, -0.15) is 0 Å². The first-order valence-corrected chi connectivity index (χ1v) is 9.26. The van der Waals surface area contributed by atoms with Gasteiger partial charge in [0.05, 0.1) is 4.90 Å². The zero-order chi connectivity index (χ0) is 17.9. The van der Waals surface area contributed by atoms with E-state index in [2.05, 4.69) is 5.32 Å². The number of allylic oxidation sites excluding steroid dienone is 1. The Labute approximate surface area is 155 Å². The van der Waals surface area contributed by atoms with Gasteiger partial charge in [0.15, 0.2) is 5.78 Å². The van der Waals surface area contributed by atoms with Crippen LogP contribution in [-0.4, -0.2) is 14.2 Å². The van der Waals surface area contributed by atoms with Crippen molar-refractivity contribution in [3.8, 4) is 0 Å². The average Bonchev–Trinajstić information content (AvgIpc) is 2.46. The molecule has 0 aliphatic heterocycles. The zero-order valence-electron chi connectivity index (χ0n) is 12.4. The fourth-order valence-electron chi connectivity index (χ4n) is 1.90. The summed E-state index contributed by atoms with van der Waals surface area (Å²) in [5.74, 6) is -0.606. The van der Waals surface area contributed by atoms with Crippen molar-refractivity contribution < 1.29 is 13.2 Å². The lowest BCUT2D eigenvalue weighted by molar-refractivity contribution is -0.113. The first kappa shape index (κ1) is 18.8.